The van der Waals surface area contributed by atoms with Crippen LogP contribution >= 0.6 is 0 Å². The molecule has 2 amide bonds. The minimum Gasteiger partial charge on any atom is -0.497 e. The molecule has 4 rings (SSSR count). The van der Waals surface area contributed by atoms with Gasteiger partial charge in [0.25, 0.3) is 0 Å². The quantitative estimate of drug-likeness (QED) is 0.500. The first-order valence-electron chi connectivity index (χ1n) is 11.8. The van der Waals surface area contributed by atoms with Crippen molar-refractivity contribution in [3.05, 3.63) is 53.6 Å². The van der Waals surface area contributed by atoms with E-state index in [2.05, 4.69) is 10.6 Å². The summed E-state index contributed by atoms with van der Waals surface area (Å²) in [7, 11) is 5.29. The standard InChI is InChI=1S/C26H33N3O6/c1-29(2)14-25(32)28-17-6-9-22-20(10-17)21-11-19(34-23(15-30)26(21)35-22)12-24(31)27-13-16-4-7-18(33-3)8-5-16/h4-10,19,21,23,26,30H,11-15H2,1-3H3,(H,27,31)(H,28,32)/t19-,21-,23-,26+/m0/s1. The van der Waals surface area contributed by atoms with Crippen molar-refractivity contribution in [3.63, 3.8) is 0 Å². The zero-order chi connectivity index (χ0) is 24.9. The molecule has 0 unspecified atom stereocenters. The number of fused-ring (bicyclic) bond motifs is 3. The van der Waals surface area contributed by atoms with Crippen LogP contribution in [0.2, 0.25) is 0 Å². The maximum Gasteiger partial charge on any atom is 0.238 e. The molecule has 9 heteroatoms. The van der Waals surface area contributed by atoms with Crippen molar-refractivity contribution >= 4 is 17.5 Å². The molecule has 0 aromatic heterocycles. The van der Waals surface area contributed by atoms with Crippen molar-refractivity contribution in [1.82, 2.24) is 10.2 Å². The molecule has 0 spiro atoms. The molecular formula is C26H33N3O6. The fourth-order valence-electron chi connectivity index (χ4n) is 4.68. The number of nitrogens with zero attached hydrogens (tertiary/aromatic N) is 1. The van der Waals surface area contributed by atoms with Gasteiger partial charge in [0.1, 0.15) is 23.7 Å². The summed E-state index contributed by atoms with van der Waals surface area (Å²) in [5.74, 6) is 1.22. The Labute approximate surface area is 205 Å². The largest absolute Gasteiger partial charge is 0.497 e. The summed E-state index contributed by atoms with van der Waals surface area (Å²) in [4.78, 5) is 26.6. The monoisotopic (exact) mass is 483 g/mol. The van der Waals surface area contributed by atoms with Crippen molar-refractivity contribution in [2.24, 2.45) is 0 Å². The Morgan fingerprint density at radius 3 is 2.60 bits per heavy atom. The molecule has 4 atom stereocenters. The van der Waals surface area contributed by atoms with E-state index >= 15 is 0 Å². The number of aliphatic hydroxyl groups is 1. The molecule has 2 aliphatic heterocycles. The first-order valence-corrected chi connectivity index (χ1v) is 11.8. The van der Waals surface area contributed by atoms with Crippen LogP contribution in [0.1, 0.15) is 29.9 Å². The van der Waals surface area contributed by atoms with Gasteiger partial charge in [-0.05, 0) is 56.4 Å². The SMILES string of the molecule is COc1ccc(CNC(=O)C[C@@H]2C[C@H]3c4cc(NC(=O)CN(C)C)ccc4O[C@H]3[C@H](CO)O2)cc1. The normalized spacial score (nSPS) is 22.7. The van der Waals surface area contributed by atoms with Gasteiger partial charge in [0.15, 0.2) is 0 Å². The highest BCUT2D eigenvalue weighted by Crippen LogP contribution is 2.47. The van der Waals surface area contributed by atoms with Crippen LogP contribution in [0.4, 0.5) is 5.69 Å². The number of hydrogen-bond acceptors (Lipinski definition) is 7. The highest BCUT2D eigenvalue weighted by Gasteiger charge is 2.46. The fourth-order valence-corrected chi connectivity index (χ4v) is 4.68. The van der Waals surface area contributed by atoms with E-state index in [1.165, 1.54) is 0 Å². The molecule has 1 saturated heterocycles. The molecule has 0 saturated carbocycles. The van der Waals surface area contributed by atoms with Gasteiger partial charge in [0, 0.05) is 23.7 Å². The van der Waals surface area contributed by atoms with Gasteiger partial charge < -0.3 is 34.9 Å². The molecular weight excluding hydrogens is 450 g/mol. The van der Waals surface area contributed by atoms with Gasteiger partial charge in [-0.2, -0.15) is 0 Å². The minimum absolute atomic E-state index is 0.0408. The summed E-state index contributed by atoms with van der Waals surface area (Å²) in [5, 5.41) is 15.8. The van der Waals surface area contributed by atoms with E-state index in [0.717, 1.165) is 22.6 Å². The molecule has 1 fully saturated rings. The average molecular weight is 484 g/mol. The second-order valence-corrected chi connectivity index (χ2v) is 9.27. The third-order valence-corrected chi connectivity index (χ3v) is 6.30. The van der Waals surface area contributed by atoms with Gasteiger partial charge >= 0.3 is 0 Å². The molecule has 0 bridgehead atoms. The number of aliphatic hydroxyl groups excluding tert-OH is 1. The number of methoxy groups -OCH3 is 1. The van der Waals surface area contributed by atoms with E-state index in [1.807, 2.05) is 56.6 Å². The maximum atomic E-state index is 12.6. The third kappa shape index (κ3) is 6.11. The highest BCUT2D eigenvalue weighted by molar-refractivity contribution is 5.92. The lowest BCUT2D eigenvalue weighted by molar-refractivity contribution is -0.142. The van der Waals surface area contributed by atoms with Gasteiger partial charge in [-0.15, -0.1) is 0 Å². The first kappa shape index (κ1) is 25.0. The smallest absolute Gasteiger partial charge is 0.238 e. The number of benzene rings is 2. The number of amides is 2. The van der Waals surface area contributed by atoms with Gasteiger partial charge in [0.2, 0.25) is 11.8 Å². The Hall–Kier alpha value is -3.14. The Morgan fingerprint density at radius 1 is 1.14 bits per heavy atom. The lowest BCUT2D eigenvalue weighted by Gasteiger charge is -2.37. The van der Waals surface area contributed by atoms with Crippen LogP contribution in [0.3, 0.4) is 0 Å². The molecule has 188 valence electrons. The Morgan fingerprint density at radius 2 is 1.91 bits per heavy atom. The summed E-state index contributed by atoms with van der Waals surface area (Å²) < 4.78 is 17.3. The van der Waals surface area contributed by atoms with Crippen LogP contribution in [0.25, 0.3) is 0 Å². The fraction of sp³-hybridized carbons (Fsp3) is 0.462. The van der Waals surface area contributed by atoms with Crippen LogP contribution < -0.4 is 20.1 Å². The molecule has 2 heterocycles. The molecule has 9 nitrogen and oxygen atoms in total. The van der Waals surface area contributed by atoms with Crippen LogP contribution in [0.15, 0.2) is 42.5 Å². The molecule has 2 aromatic rings. The second-order valence-electron chi connectivity index (χ2n) is 9.27. The van der Waals surface area contributed by atoms with Crippen LogP contribution in [-0.2, 0) is 20.9 Å². The predicted molar refractivity (Wildman–Crippen MR) is 131 cm³/mol. The van der Waals surface area contributed by atoms with Crippen molar-refractivity contribution in [1.29, 1.82) is 0 Å². The summed E-state index contributed by atoms with van der Waals surface area (Å²) >= 11 is 0. The highest BCUT2D eigenvalue weighted by atomic mass is 16.6. The van der Waals surface area contributed by atoms with E-state index in [-0.39, 0.29) is 49.5 Å². The summed E-state index contributed by atoms with van der Waals surface area (Å²) in [6, 6.07) is 13.1. The molecule has 0 aliphatic carbocycles. The van der Waals surface area contributed by atoms with E-state index < -0.39 is 6.10 Å². The van der Waals surface area contributed by atoms with Crippen molar-refractivity contribution in [2.45, 2.75) is 43.6 Å². The van der Waals surface area contributed by atoms with Crippen molar-refractivity contribution < 1.29 is 28.9 Å². The van der Waals surface area contributed by atoms with E-state index in [4.69, 9.17) is 14.2 Å². The van der Waals surface area contributed by atoms with Gasteiger partial charge in [-0.25, -0.2) is 0 Å². The molecule has 3 N–H and O–H groups in total. The van der Waals surface area contributed by atoms with Crippen molar-refractivity contribution in [2.75, 3.05) is 39.7 Å². The second kappa shape index (κ2) is 11.1. The Kier molecular flexibility index (Phi) is 7.90. The predicted octanol–water partition coefficient (Wildman–Crippen LogP) is 1.90. The Bertz CT molecular complexity index is 1040. The molecule has 35 heavy (non-hydrogen) atoms. The van der Waals surface area contributed by atoms with Crippen molar-refractivity contribution in [3.8, 4) is 11.5 Å². The summed E-state index contributed by atoms with van der Waals surface area (Å²) in [5.41, 5.74) is 2.63. The number of ether oxygens (including phenoxy) is 3. The number of anilines is 1. The van der Waals surface area contributed by atoms with E-state index in [0.29, 0.717) is 18.7 Å². The van der Waals surface area contributed by atoms with E-state index in [1.54, 1.807) is 12.0 Å². The first-order chi connectivity index (χ1) is 16.9. The average Bonchev–Trinajstić information content (AvgIpc) is 3.20. The van der Waals surface area contributed by atoms with Crippen LogP contribution in [0.5, 0.6) is 11.5 Å². The summed E-state index contributed by atoms with van der Waals surface area (Å²) in [6.07, 6.45) is -0.455. The zero-order valence-electron chi connectivity index (χ0n) is 20.3. The third-order valence-electron chi connectivity index (χ3n) is 6.30. The van der Waals surface area contributed by atoms with Crippen LogP contribution in [-0.4, -0.2) is 74.5 Å². The number of carbonyl (C=O) groups excluding carboxylic acids is 2. The molecule has 2 aromatic carbocycles. The lowest BCUT2D eigenvalue weighted by atomic mass is 9.84. The minimum atomic E-state index is -0.535. The summed E-state index contributed by atoms with van der Waals surface area (Å²) in [6.45, 7) is 0.492. The van der Waals surface area contributed by atoms with E-state index in [9.17, 15) is 14.7 Å². The number of rotatable bonds is 9. The number of likely N-dealkylation sites (N-methyl/N-ethyl adjacent to an activating group) is 1. The van der Waals surface area contributed by atoms with Gasteiger partial charge in [-0.3, -0.25) is 9.59 Å². The number of hydrogen-bond donors (Lipinski definition) is 3. The number of nitrogens with one attached hydrogen (secondary N) is 2. The molecule has 0 radical (unpaired) electrons. The van der Waals surface area contributed by atoms with Crippen LogP contribution in [0, 0.1) is 0 Å². The van der Waals surface area contributed by atoms with Gasteiger partial charge in [-0.1, -0.05) is 12.1 Å². The number of carbonyl (C=O) groups is 2. The topological polar surface area (TPSA) is 109 Å². The Balaban J connectivity index is 1.39. The zero-order valence-corrected chi connectivity index (χ0v) is 20.3. The lowest BCUT2D eigenvalue weighted by Crippen LogP contribution is -2.47. The molecule has 2 aliphatic rings. The maximum absolute atomic E-state index is 12.6. The van der Waals surface area contributed by atoms with Gasteiger partial charge in [0.05, 0.1) is 32.8 Å².